The molecular weight excluding hydrogens is 432 g/mol. The van der Waals surface area contributed by atoms with Gasteiger partial charge in [-0.25, -0.2) is 14.4 Å². The number of aryl methyl sites for hydroxylation is 2. The molecule has 4 aromatic rings. The molecule has 0 radical (unpaired) electrons. The van der Waals surface area contributed by atoms with Crippen LogP contribution < -0.4 is 5.56 Å². The number of imidazole rings is 1. The molecule has 0 unspecified atom stereocenters. The van der Waals surface area contributed by atoms with Crippen LogP contribution in [0.1, 0.15) is 11.1 Å². The summed E-state index contributed by atoms with van der Waals surface area (Å²) >= 11 is 1.29. The number of nitrogens with zero attached hydrogens (tertiary/aromatic N) is 4. The van der Waals surface area contributed by atoms with Gasteiger partial charge in [0.1, 0.15) is 5.82 Å². The van der Waals surface area contributed by atoms with E-state index in [9.17, 15) is 22.4 Å². The molecule has 31 heavy (non-hydrogen) atoms. The lowest BCUT2D eigenvalue weighted by molar-refractivity contribution is -0.137. The van der Waals surface area contributed by atoms with E-state index in [4.69, 9.17) is 0 Å². The molecule has 0 aliphatic heterocycles. The summed E-state index contributed by atoms with van der Waals surface area (Å²) in [6.45, 7) is 0. The topological polar surface area (TPSA) is 52.7 Å². The van der Waals surface area contributed by atoms with Crippen LogP contribution in [0.4, 0.5) is 17.6 Å². The highest BCUT2D eigenvalue weighted by molar-refractivity contribution is 7.99. The Balaban J connectivity index is 1.63. The largest absolute Gasteiger partial charge is 0.416 e. The van der Waals surface area contributed by atoms with Gasteiger partial charge in [-0.05, 0) is 48.4 Å². The fraction of sp³-hybridized carbons (Fsp3) is 0.190. The summed E-state index contributed by atoms with van der Waals surface area (Å²) in [5.41, 5.74) is 0.715. The number of benzene rings is 2. The number of hydrogen-bond acceptors (Lipinski definition) is 4. The zero-order valence-electron chi connectivity index (χ0n) is 16.2. The predicted molar refractivity (Wildman–Crippen MR) is 110 cm³/mol. The van der Waals surface area contributed by atoms with E-state index in [0.717, 1.165) is 17.7 Å². The van der Waals surface area contributed by atoms with Crippen LogP contribution in [0.3, 0.4) is 0 Å². The Morgan fingerprint density at radius 2 is 1.71 bits per heavy atom. The van der Waals surface area contributed by atoms with Gasteiger partial charge in [-0.1, -0.05) is 23.9 Å². The molecule has 0 saturated heterocycles. The minimum atomic E-state index is -4.37. The molecule has 5 nitrogen and oxygen atoms in total. The minimum Gasteiger partial charge on any atom is -0.318 e. The van der Waals surface area contributed by atoms with Gasteiger partial charge in [0.25, 0.3) is 5.56 Å². The molecule has 2 aromatic carbocycles. The second kappa shape index (κ2) is 8.18. The maximum atomic E-state index is 13.4. The Morgan fingerprint density at radius 1 is 1.03 bits per heavy atom. The maximum absolute atomic E-state index is 13.4. The van der Waals surface area contributed by atoms with Crippen molar-refractivity contribution < 1.29 is 17.6 Å². The molecule has 2 heterocycles. The summed E-state index contributed by atoms with van der Waals surface area (Å²) in [6, 6.07) is 10.4. The van der Waals surface area contributed by atoms with E-state index in [0.29, 0.717) is 28.7 Å². The van der Waals surface area contributed by atoms with Crippen molar-refractivity contribution in [3.8, 4) is 5.69 Å². The molecule has 0 amide bonds. The normalized spacial score (nSPS) is 11.9. The first-order chi connectivity index (χ1) is 14.7. The second-order valence-electron chi connectivity index (χ2n) is 6.83. The van der Waals surface area contributed by atoms with Gasteiger partial charge < -0.3 is 4.57 Å². The van der Waals surface area contributed by atoms with Crippen LogP contribution >= 0.6 is 11.8 Å². The average molecular weight is 448 g/mol. The molecule has 0 aliphatic carbocycles. The quantitative estimate of drug-likeness (QED) is 0.254. The highest BCUT2D eigenvalue weighted by Gasteiger charge is 2.29. The number of thioether (sulfide) groups is 1. The van der Waals surface area contributed by atoms with E-state index in [-0.39, 0.29) is 11.1 Å². The van der Waals surface area contributed by atoms with Crippen molar-refractivity contribution in [1.29, 1.82) is 0 Å². The molecular formula is C21H16F4N4OS. The van der Waals surface area contributed by atoms with Crippen LogP contribution in [0.2, 0.25) is 0 Å². The monoisotopic (exact) mass is 448 g/mol. The molecule has 0 saturated carbocycles. The van der Waals surface area contributed by atoms with Crippen LogP contribution in [-0.2, 0) is 19.6 Å². The highest BCUT2D eigenvalue weighted by atomic mass is 32.2. The van der Waals surface area contributed by atoms with Gasteiger partial charge in [0.2, 0.25) is 0 Å². The summed E-state index contributed by atoms with van der Waals surface area (Å²) in [6.07, 6.45) is -2.41. The van der Waals surface area contributed by atoms with E-state index in [1.165, 1.54) is 59.1 Å². The summed E-state index contributed by atoms with van der Waals surface area (Å²) in [4.78, 5) is 21.7. The zero-order valence-corrected chi connectivity index (χ0v) is 17.0. The first-order valence-electron chi connectivity index (χ1n) is 9.23. The number of hydrogen-bond donors (Lipinski definition) is 0. The molecule has 2 aromatic heterocycles. The third kappa shape index (κ3) is 4.34. The van der Waals surface area contributed by atoms with Crippen molar-refractivity contribution in [2.45, 2.75) is 17.8 Å². The molecule has 0 atom stereocenters. The summed E-state index contributed by atoms with van der Waals surface area (Å²) in [5.74, 6) is 0.0442. The lowest BCUT2D eigenvalue weighted by Crippen LogP contribution is -2.22. The molecule has 0 N–H and O–H groups in total. The van der Waals surface area contributed by atoms with Crippen molar-refractivity contribution in [3.63, 3.8) is 0 Å². The number of alkyl halides is 3. The summed E-state index contributed by atoms with van der Waals surface area (Å²) in [5, 5.41) is 0.389. The molecule has 0 fully saturated rings. The lowest BCUT2D eigenvalue weighted by Gasteiger charge is -2.12. The summed E-state index contributed by atoms with van der Waals surface area (Å²) < 4.78 is 54.5. The standard InChI is InChI=1S/C21H16F4N4OS/c1-28-12-26-17-18(28)27-20(29(19(17)30)16-8-6-15(22)7-9-16)31-11-10-13-2-4-14(5-3-13)21(23,24)25/h2-9,12H,10-11H2,1H3. The van der Waals surface area contributed by atoms with Crippen LogP contribution in [-0.4, -0.2) is 24.9 Å². The third-order valence-electron chi connectivity index (χ3n) is 4.69. The molecule has 0 spiro atoms. The Bertz CT molecular complexity index is 1280. The fourth-order valence-electron chi connectivity index (χ4n) is 3.08. The Hall–Kier alpha value is -3.14. The zero-order chi connectivity index (χ0) is 22.2. The minimum absolute atomic E-state index is 0.193. The third-order valence-corrected chi connectivity index (χ3v) is 5.63. The smallest absolute Gasteiger partial charge is 0.318 e. The van der Waals surface area contributed by atoms with Crippen LogP contribution in [0, 0.1) is 5.82 Å². The first-order valence-corrected chi connectivity index (χ1v) is 10.2. The number of halogens is 4. The van der Waals surface area contributed by atoms with E-state index < -0.39 is 17.6 Å². The van der Waals surface area contributed by atoms with Gasteiger partial charge in [0.15, 0.2) is 16.3 Å². The maximum Gasteiger partial charge on any atom is 0.416 e. The molecule has 0 bridgehead atoms. The van der Waals surface area contributed by atoms with Gasteiger partial charge in [0.05, 0.1) is 17.6 Å². The highest BCUT2D eigenvalue weighted by Crippen LogP contribution is 2.29. The molecule has 0 aliphatic rings. The number of rotatable bonds is 5. The lowest BCUT2D eigenvalue weighted by atomic mass is 10.1. The molecule has 160 valence electrons. The van der Waals surface area contributed by atoms with E-state index in [1.54, 1.807) is 11.6 Å². The van der Waals surface area contributed by atoms with Gasteiger partial charge in [-0.3, -0.25) is 9.36 Å². The fourth-order valence-corrected chi connectivity index (χ4v) is 4.06. The van der Waals surface area contributed by atoms with E-state index in [2.05, 4.69) is 9.97 Å². The van der Waals surface area contributed by atoms with Crippen LogP contribution in [0.5, 0.6) is 0 Å². The Morgan fingerprint density at radius 3 is 2.35 bits per heavy atom. The van der Waals surface area contributed by atoms with Crippen molar-refractivity contribution in [2.75, 3.05) is 5.75 Å². The number of fused-ring (bicyclic) bond motifs is 1. The van der Waals surface area contributed by atoms with Crippen molar-refractivity contribution in [3.05, 3.63) is 82.2 Å². The van der Waals surface area contributed by atoms with Crippen molar-refractivity contribution >= 4 is 22.9 Å². The summed E-state index contributed by atoms with van der Waals surface area (Å²) in [7, 11) is 1.72. The SMILES string of the molecule is Cn1cnc2c(=O)n(-c3ccc(F)cc3)c(SCCc3ccc(C(F)(F)F)cc3)nc21. The average Bonchev–Trinajstić information content (AvgIpc) is 3.10. The Kier molecular flexibility index (Phi) is 5.57. The van der Waals surface area contributed by atoms with Gasteiger partial charge in [-0.15, -0.1) is 0 Å². The van der Waals surface area contributed by atoms with Gasteiger partial charge in [-0.2, -0.15) is 13.2 Å². The first kappa shape index (κ1) is 21.1. The van der Waals surface area contributed by atoms with Crippen molar-refractivity contribution in [2.24, 2.45) is 7.05 Å². The predicted octanol–water partition coefficient (Wildman–Crippen LogP) is 4.61. The van der Waals surface area contributed by atoms with Gasteiger partial charge >= 0.3 is 6.18 Å². The molecule has 4 rings (SSSR count). The molecule has 10 heteroatoms. The number of aromatic nitrogens is 4. The van der Waals surface area contributed by atoms with Crippen molar-refractivity contribution in [1.82, 2.24) is 19.1 Å². The second-order valence-corrected chi connectivity index (χ2v) is 7.89. The Labute approximate surface area is 178 Å². The van der Waals surface area contributed by atoms with Gasteiger partial charge in [0, 0.05) is 12.8 Å². The van der Waals surface area contributed by atoms with E-state index >= 15 is 0 Å². The van der Waals surface area contributed by atoms with E-state index in [1.807, 2.05) is 0 Å². The van der Waals surface area contributed by atoms with Crippen LogP contribution in [0.15, 0.2) is 64.8 Å². The van der Waals surface area contributed by atoms with Crippen LogP contribution in [0.25, 0.3) is 16.9 Å².